The molecule has 4 nitrogen and oxygen atoms in total. The second kappa shape index (κ2) is 7.91. The number of aryl methyl sites for hydroxylation is 3. The van der Waals surface area contributed by atoms with E-state index in [1.54, 1.807) is 11.3 Å². The van der Waals surface area contributed by atoms with Crippen LogP contribution in [0.2, 0.25) is 0 Å². The highest BCUT2D eigenvalue weighted by Crippen LogP contribution is 2.25. The maximum absolute atomic E-state index is 6.08. The van der Waals surface area contributed by atoms with Gasteiger partial charge < -0.3 is 15.0 Å². The fraction of sp³-hybridized carbons (Fsp3) is 0.450. The summed E-state index contributed by atoms with van der Waals surface area (Å²) >= 11 is 1.69. The van der Waals surface area contributed by atoms with Gasteiger partial charge in [0.1, 0.15) is 29.5 Å². The molecule has 1 aliphatic rings. The molecule has 1 aromatic carbocycles. The summed E-state index contributed by atoms with van der Waals surface area (Å²) in [5, 5.41) is 6.80. The Morgan fingerprint density at radius 2 is 2.04 bits per heavy atom. The smallest absolute Gasteiger partial charge is 0.125 e. The van der Waals surface area contributed by atoms with Crippen molar-refractivity contribution in [1.82, 2.24) is 10.2 Å². The highest BCUT2D eigenvalue weighted by Gasteiger charge is 2.11. The molecule has 0 saturated heterocycles. The first-order valence-corrected chi connectivity index (χ1v) is 9.78. The van der Waals surface area contributed by atoms with Crippen LogP contribution in [0, 0.1) is 13.8 Å². The Bertz CT molecular complexity index is 833. The van der Waals surface area contributed by atoms with Crippen LogP contribution >= 0.6 is 11.3 Å². The lowest BCUT2D eigenvalue weighted by Crippen LogP contribution is -2.42. The molecule has 3 rings (SSSR count). The fourth-order valence-electron chi connectivity index (χ4n) is 3.30. The molecule has 0 fully saturated rings. The number of nitrogens with one attached hydrogen (secondary N) is 1. The molecule has 1 N–H and O–H groups in total. The summed E-state index contributed by atoms with van der Waals surface area (Å²) in [6.07, 6.45) is 2.30. The van der Waals surface area contributed by atoms with Crippen LogP contribution < -0.4 is 19.9 Å². The molecule has 2 heterocycles. The zero-order valence-electron chi connectivity index (χ0n) is 15.6. The molecule has 134 valence electrons. The van der Waals surface area contributed by atoms with Crippen molar-refractivity contribution < 1.29 is 4.74 Å². The third kappa shape index (κ3) is 3.98. The average Bonchev–Trinajstić information content (AvgIpc) is 3.04. The van der Waals surface area contributed by atoms with Crippen LogP contribution in [0.3, 0.4) is 0 Å². The quantitative estimate of drug-likeness (QED) is 0.774. The Morgan fingerprint density at radius 3 is 2.76 bits per heavy atom. The van der Waals surface area contributed by atoms with Gasteiger partial charge in [0.15, 0.2) is 0 Å². The summed E-state index contributed by atoms with van der Waals surface area (Å²) in [6.45, 7) is 8.60. The van der Waals surface area contributed by atoms with Gasteiger partial charge in [0.05, 0.1) is 11.8 Å². The normalized spacial score (nSPS) is 13.4. The first kappa shape index (κ1) is 17.8. The van der Waals surface area contributed by atoms with Gasteiger partial charge in [-0.3, -0.25) is 4.99 Å². The molecule has 0 unspecified atom stereocenters. The topological polar surface area (TPSA) is 36.9 Å². The molecule has 2 aromatic rings. The molecule has 1 aromatic heterocycles. The van der Waals surface area contributed by atoms with Crippen molar-refractivity contribution >= 4 is 17.2 Å². The number of thiophene rings is 1. The van der Waals surface area contributed by atoms with Crippen molar-refractivity contribution in [3.63, 3.8) is 0 Å². The molecule has 0 radical (unpaired) electrons. The molecule has 1 aliphatic heterocycles. The lowest BCUT2D eigenvalue weighted by Gasteiger charge is -2.24. The van der Waals surface area contributed by atoms with Crippen molar-refractivity contribution in [3.8, 4) is 5.75 Å². The van der Waals surface area contributed by atoms with Gasteiger partial charge in [-0.15, -0.1) is 11.3 Å². The van der Waals surface area contributed by atoms with E-state index in [2.05, 4.69) is 66.6 Å². The van der Waals surface area contributed by atoms with Crippen LogP contribution in [0.15, 0.2) is 28.6 Å². The van der Waals surface area contributed by atoms with E-state index in [-0.39, 0.29) is 0 Å². The first-order chi connectivity index (χ1) is 12.1. The van der Waals surface area contributed by atoms with Gasteiger partial charge in [-0.25, -0.2) is 0 Å². The molecule has 0 spiro atoms. The van der Waals surface area contributed by atoms with E-state index in [0.717, 1.165) is 29.2 Å². The van der Waals surface area contributed by atoms with Crippen LogP contribution in [0.1, 0.15) is 30.0 Å². The minimum atomic E-state index is 0.642. The fourth-order valence-corrected chi connectivity index (χ4v) is 4.06. The predicted octanol–water partition coefficient (Wildman–Crippen LogP) is 2.57. The SMILES string of the molecule is CCCc1cc(C)c(OCCNC2=c3ccsc3=NCN2C)c(C)c1. The third-order valence-electron chi connectivity index (χ3n) is 4.41. The third-order valence-corrected chi connectivity index (χ3v) is 5.25. The van der Waals surface area contributed by atoms with Crippen molar-refractivity contribution in [1.29, 1.82) is 0 Å². The van der Waals surface area contributed by atoms with E-state index in [0.29, 0.717) is 13.3 Å². The number of nitrogens with zero attached hydrogens (tertiary/aromatic N) is 2. The number of rotatable bonds is 7. The van der Waals surface area contributed by atoms with Crippen molar-refractivity contribution in [2.45, 2.75) is 33.6 Å². The Labute approximate surface area is 153 Å². The second-order valence-electron chi connectivity index (χ2n) is 6.57. The van der Waals surface area contributed by atoms with E-state index in [1.165, 1.54) is 28.3 Å². The number of fused-ring (bicyclic) bond motifs is 1. The number of benzene rings is 1. The minimum Gasteiger partial charge on any atom is -0.491 e. The van der Waals surface area contributed by atoms with Crippen molar-refractivity contribution in [3.05, 3.63) is 50.2 Å². The van der Waals surface area contributed by atoms with E-state index in [9.17, 15) is 0 Å². The van der Waals surface area contributed by atoms with Gasteiger partial charge >= 0.3 is 0 Å². The van der Waals surface area contributed by atoms with Gasteiger partial charge in [0, 0.05) is 7.05 Å². The van der Waals surface area contributed by atoms with E-state index in [4.69, 9.17) is 4.74 Å². The predicted molar refractivity (Wildman–Crippen MR) is 105 cm³/mol. The van der Waals surface area contributed by atoms with Gasteiger partial charge in [0.25, 0.3) is 0 Å². The zero-order chi connectivity index (χ0) is 17.8. The molecule has 5 heteroatoms. The summed E-state index contributed by atoms with van der Waals surface area (Å²) in [5.74, 6) is 2.16. The van der Waals surface area contributed by atoms with Crippen LogP contribution in [0.4, 0.5) is 0 Å². The van der Waals surface area contributed by atoms with E-state index in [1.807, 2.05) is 0 Å². The highest BCUT2D eigenvalue weighted by molar-refractivity contribution is 7.07. The molecule has 25 heavy (non-hydrogen) atoms. The van der Waals surface area contributed by atoms with Gasteiger partial charge in [-0.05, 0) is 48.4 Å². The maximum atomic E-state index is 6.08. The Kier molecular flexibility index (Phi) is 5.63. The van der Waals surface area contributed by atoms with Gasteiger partial charge in [-0.1, -0.05) is 25.5 Å². The number of hydrogen-bond acceptors (Lipinski definition) is 5. The second-order valence-corrected chi connectivity index (χ2v) is 7.46. The van der Waals surface area contributed by atoms with Crippen LogP contribution in [0.5, 0.6) is 5.75 Å². The highest BCUT2D eigenvalue weighted by atomic mass is 32.1. The number of hydrogen-bond donors (Lipinski definition) is 1. The standard InChI is InChI=1S/C20H27N3OS/c1-5-6-16-11-14(2)18(15(3)12-16)24-9-8-21-19-17-7-10-25-20(17)22-13-23(19)4/h7,10-12,21H,5-6,8-9,13H2,1-4H3. The van der Waals surface area contributed by atoms with Crippen molar-refractivity contribution in [2.75, 3.05) is 26.9 Å². The molecule has 0 atom stereocenters. The maximum Gasteiger partial charge on any atom is 0.125 e. The summed E-state index contributed by atoms with van der Waals surface area (Å²) in [6, 6.07) is 6.63. The molecule has 0 amide bonds. The molecular weight excluding hydrogens is 330 g/mol. The summed E-state index contributed by atoms with van der Waals surface area (Å²) in [4.78, 5) is 6.70. The zero-order valence-corrected chi connectivity index (χ0v) is 16.4. The van der Waals surface area contributed by atoms with Crippen LogP contribution in [-0.4, -0.2) is 31.8 Å². The average molecular weight is 358 g/mol. The van der Waals surface area contributed by atoms with E-state index >= 15 is 0 Å². The Morgan fingerprint density at radius 1 is 1.28 bits per heavy atom. The summed E-state index contributed by atoms with van der Waals surface area (Å²) in [5.41, 5.74) is 3.85. The lowest BCUT2D eigenvalue weighted by atomic mass is 10.0. The van der Waals surface area contributed by atoms with E-state index < -0.39 is 0 Å². The molecule has 0 bridgehead atoms. The van der Waals surface area contributed by atoms with Gasteiger partial charge in [-0.2, -0.15) is 0 Å². The number of ether oxygens (including phenoxy) is 1. The molecular formula is C20H27N3OS. The van der Waals surface area contributed by atoms with Crippen LogP contribution in [-0.2, 0) is 6.42 Å². The largest absolute Gasteiger partial charge is 0.491 e. The Balaban J connectivity index is 1.63. The lowest BCUT2D eigenvalue weighted by molar-refractivity contribution is 0.312. The summed E-state index contributed by atoms with van der Waals surface area (Å²) < 4.78 is 7.19. The molecule has 0 aliphatic carbocycles. The van der Waals surface area contributed by atoms with Crippen LogP contribution in [0.25, 0.3) is 5.82 Å². The van der Waals surface area contributed by atoms with Crippen molar-refractivity contribution in [2.24, 2.45) is 4.99 Å². The first-order valence-electron chi connectivity index (χ1n) is 8.90. The Hall–Kier alpha value is -2.01. The minimum absolute atomic E-state index is 0.642. The monoisotopic (exact) mass is 357 g/mol. The molecule has 0 saturated carbocycles. The summed E-state index contributed by atoms with van der Waals surface area (Å²) in [7, 11) is 2.06. The van der Waals surface area contributed by atoms with Gasteiger partial charge in [0.2, 0.25) is 0 Å².